The highest BCUT2D eigenvalue weighted by molar-refractivity contribution is 4.99. The number of rotatable bonds is 1. The van der Waals surface area contributed by atoms with E-state index < -0.39 is 0 Å². The lowest BCUT2D eigenvalue weighted by molar-refractivity contribution is 0.535. The molecule has 0 bridgehead atoms. The molecular formula is C9H13N3. The van der Waals surface area contributed by atoms with Gasteiger partial charge in [0.2, 0.25) is 0 Å². The Morgan fingerprint density at radius 2 is 2.25 bits per heavy atom. The zero-order valence-corrected chi connectivity index (χ0v) is 7.70. The van der Waals surface area contributed by atoms with E-state index in [9.17, 15) is 0 Å². The van der Waals surface area contributed by atoms with Gasteiger partial charge in [0.25, 0.3) is 0 Å². The van der Waals surface area contributed by atoms with Crippen LogP contribution in [-0.2, 0) is 12.0 Å². The lowest BCUT2D eigenvalue weighted by Crippen LogP contribution is -2.14. The van der Waals surface area contributed by atoms with Crippen LogP contribution in [0.5, 0.6) is 0 Å². The fraction of sp³-hybridized carbons (Fsp3) is 0.556. The van der Waals surface area contributed by atoms with Crippen LogP contribution in [0.25, 0.3) is 0 Å². The summed E-state index contributed by atoms with van der Waals surface area (Å²) in [6.45, 7) is 6.71. The predicted octanol–water partition coefficient (Wildman–Crippen LogP) is 1.21. The van der Waals surface area contributed by atoms with Crippen molar-refractivity contribution in [3.8, 4) is 12.3 Å². The van der Waals surface area contributed by atoms with Gasteiger partial charge in [0, 0.05) is 5.41 Å². The molecule has 1 rings (SSSR count). The highest BCUT2D eigenvalue weighted by Gasteiger charge is 2.18. The van der Waals surface area contributed by atoms with Crippen molar-refractivity contribution in [1.29, 1.82) is 0 Å². The van der Waals surface area contributed by atoms with Crippen molar-refractivity contribution in [3.63, 3.8) is 0 Å². The molecule has 0 saturated heterocycles. The molecule has 0 aliphatic rings. The Hall–Kier alpha value is -1.30. The van der Waals surface area contributed by atoms with Crippen molar-refractivity contribution in [3.05, 3.63) is 12.2 Å². The van der Waals surface area contributed by atoms with Gasteiger partial charge in [0.15, 0.2) is 5.82 Å². The SMILES string of the molecule is C#CCn1cnc(C(C)(C)C)n1. The molecule has 0 aliphatic carbocycles. The van der Waals surface area contributed by atoms with Crippen LogP contribution in [0.1, 0.15) is 26.6 Å². The Morgan fingerprint density at radius 1 is 1.58 bits per heavy atom. The molecule has 3 nitrogen and oxygen atoms in total. The van der Waals surface area contributed by atoms with Crippen LogP contribution in [0.15, 0.2) is 6.33 Å². The third-order valence-electron chi connectivity index (χ3n) is 1.46. The van der Waals surface area contributed by atoms with Crippen molar-refractivity contribution in [2.45, 2.75) is 32.7 Å². The number of nitrogens with zero attached hydrogens (tertiary/aromatic N) is 3. The molecular weight excluding hydrogens is 150 g/mol. The Morgan fingerprint density at radius 3 is 2.67 bits per heavy atom. The van der Waals surface area contributed by atoms with E-state index in [4.69, 9.17) is 6.42 Å². The second-order valence-electron chi connectivity index (χ2n) is 3.72. The normalized spacial score (nSPS) is 11.2. The molecule has 0 amide bonds. The molecule has 0 radical (unpaired) electrons. The predicted molar refractivity (Wildman–Crippen MR) is 47.6 cm³/mol. The first-order valence-corrected chi connectivity index (χ1v) is 3.87. The highest BCUT2D eigenvalue weighted by Crippen LogP contribution is 2.16. The summed E-state index contributed by atoms with van der Waals surface area (Å²) < 4.78 is 1.67. The summed E-state index contributed by atoms with van der Waals surface area (Å²) in [4.78, 5) is 4.16. The van der Waals surface area contributed by atoms with E-state index >= 15 is 0 Å². The van der Waals surface area contributed by atoms with Gasteiger partial charge in [0.1, 0.15) is 12.9 Å². The van der Waals surface area contributed by atoms with Crippen LogP contribution < -0.4 is 0 Å². The summed E-state index contributed by atoms with van der Waals surface area (Å²) in [6.07, 6.45) is 6.81. The molecule has 0 spiro atoms. The molecule has 1 aromatic heterocycles. The van der Waals surface area contributed by atoms with Gasteiger partial charge in [-0.1, -0.05) is 26.7 Å². The molecule has 0 aromatic carbocycles. The summed E-state index contributed by atoms with van der Waals surface area (Å²) in [6, 6.07) is 0. The third kappa shape index (κ3) is 1.85. The van der Waals surface area contributed by atoms with E-state index in [1.165, 1.54) is 0 Å². The summed E-state index contributed by atoms with van der Waals surface area (Å²) in [5.74, 6) is 3.34. The Kier molecular flexibility index (Phi) is 2.18. The second-order valence-corrected chi connectivity index (χ2v) is 3.72. The molecule has 12 heavy (non-hydrogen) atoms. The quantitative estimate of drug-likeness (QED) is 0.582. The molecule has 1 aromatic rings. The number of hydrogen-bond donors (Lipinski definition) is 0. The Labute approximate surface area is 72.8 Å². The largest absolute Gasteiger partial charge is 0.241 e. The van der Waals surface area contributed by atoms with Crippen molar-refractivity contribution < 1.29 is 0 Å². The molecule has 0 unspecified atom stereocenters. The average molecular weight is 163 g/mol. The highest BCUT2D eigenvalue weighted by atomic mass is 15.3. The standard InChI is InChI=1S/C9H13N3/c1-5-6-12-7-10-8(11-12)9(2,3)4/h1,7H,6H2,2-4H3. The van der Waals surface area contributed by atoms with Crippen LogP contribution in [-0.4, -0.2) is 14.8 Å². The van der Waals surface area contributed by atoms with Gasteiger partial charge in [-0.3, -0.25) is 0 Å². The van der Waals surface area contributed by atoms with E-state index in [2.05, 4.69) is 36.8 Å². The van der Waals surface area contributed by atoms with Gasteiger partial charge in [-0.25, -0.2) is 9.67 Å². The van der Waals surface area contributed by atoms with Crippen LogP contribution in [0.4, 0.5) is 0 Å². The van der Waals surface area contributed by atoms with Crippen molar-refractivity contribution >= 4 is 0 Å². The van der Waals surface area contributed by atoms with Crippen LogP contribution in [0.2, 0.25) is 0 Å². The minimum Gasteiger partial charge on any atom is -0.241 e. The maximum Gasteiger partial charge on any atom is 0.155 e. The second kappa shape index (κ2) is 2.98. The summed E-state index contributed by atoms with van der Waals surface area (Å²) >= 11 is 0. The molecule has 0 fully saturated rings. The minimum absolute atomic E-state index is 0.000150. The van der Waals surface area contributed by atoms with Gasteiger partial charge >= 0.3 is 0 Å². The summed E-state index contributed by atoms with van der Waals surface area (Å²) in [5, 5.41) is 4.23. The van der Waals surface area contributed by atoms with Gasteiger partial charge in [0.05, 0.1) is 0 Å². The van der Waals surface area contributed by atoms with E-state index in [1.807, 2.05) is 0 Å². The van der Waals surface area contributed by atoms with Crippen LogP contribution in [0.3, 0.4) is 0 Å². The fourth-order valence-corrected chi connectivity index (χ4v) is 0.808. The van der Waals surface area contributed by atoms with Crippen LogP contribution in [0, 0.1) is 12.3 Å². The topological polar surface area (TPSA) is 30.7 Å². The van der Waals surface area contributed by atoms with Crippen molar-refractivity contribution in [1.82, 2.24) is 14.8 Å². The van der Waals surface area contributed by atoms with E-state index in [0.29, 0.717) is 6.54 Å². The van der Waals surface area contributed by atoms with Gasteiger partial charge < -0.3 is 0 Å². The molecule has 0 saturated carbocycles. The van der Waals surface area contributed by atoms with Crippen molar-refractivity contribution in [2.24, 2.45) is 0 Å². The number of terminal acetylenes is 1. The molecule has 1 heterocycles. The van der Waals surface area contributed by atoms with Gasteiger partial charge in [-0.15, -0.1) is 6.42 Å². The molecule has 0 atom stereocenters. The monoisotopic (exact) mass is 163 g/mol. The van der Waals surface area contributed by atoms with Gasteiger partial charge in [-0.2, -0.15) is 5.10 Å². The first-order chi connectivity index (χ1) is 5.54. The van der Waals surface area contributed by atoms with Gasteiger partial charge in [-0.05, 0) is 0 Å². The lowest BCUT2D eigenvalue weighted by Gasteiger charge is -2.12. The number of hydrogen-bond acceptors (Lipinski definition) is 2. The first-order valence-electron chi connectivity index (χ1n) is 3.87. The Bertz CT molecular complexity index is 298. The van der Waals surface area contributed by atoms with E-state index in [1.54, 1.807) is 11.0 Å². The van der Waals surface area contributed by atoms with Crippen LogP contribution >= 0.6 is 0 Å². The van der Waals surface area contributed by atoms with E-state index in [-0.39, 0.29) is 5.41 Å². The Balaban J connectivity index is 2.86. The average Bonchev–Trinajstić information content (AvgIpc) is 2.35. The molecule has 64 valence electrons. The first kappa shape index (κ1) is 8.79. The third-order valence-corrected chi connectivity index (χ3v) is 1.46. The van der Waals surface area contributed by atoms with Crippen molar-refractivity contribution in [2.75, 3.05) is 0 Å². The summed E-state index contributed by atoms with van der Waals surface area (Å²) in [7, 11) is 0. The fourth-order valence-electron chi connectivity index (χ4n) is 0.808. The van der Waals surface area contributed by atoms with E-state index in [0.717, 1.165) is 5.82 Å². The maximum absolute atomic E-state index is 5.14. The zero-order chi connectivity index (χ0) is 9.19. The summed E-state index contributed by atoms with van der Waals surface area (Å²) in [5.41, 5.74) is -0.000150. The smallest absolute Gasteiger partial charge is 0.155 e. The number of aromatic nitrogens is 3. The molecule has 0 aliphatic heterocycles. The zero-order valence-electron chi connectivity index (χ0n) is 7.70. The molecule has 0 N–H and O–H groups in total. The maximum atomic E-state index is 5.14. The minimum atomic E-state index is -0.000150. The molecule has 3 heteroatoms. The lowest BCUT2D eigenvalue weighted by atomic mass is 9.96.